The van der Waals surface area contributed by atoms with Gasteiger partial charge >= 0.3 is 13.1 Å². The topological polar surface area (TPSA) is 148 Å². The van der Waals surface area contributed by atoms with E-state index in [2.05, 4.69) is 5.32 Å². The van der Waals surface area contributed by atoms with Gasteiger partial charge < -0.3 is 31.6 Å². The third-order valence-corrected chi connectivity index (χ3v) is 4.77. The Morgan fingerprint density at radius 3 is 2.61 bits per heavy atom. The minimum Gasteiger partial charge on any atom is -0.534 e. The first kappa shape index (κ1) is 19.9. The molecule has 0 saturated carbocycles. The average molecular weight is 383 g/mol. The molecule has 1 aliphatic heterocycles. The fraction of sp³-hybridized carbons (Fsp3) is 0.263. The zero-order valence-corrected chi connectivity index (χ0v) is 15.2. The molecule has 146 valence electrons. The van der Waals surface area contributed by atoms with Crippen molar-refractivity contribution in [2.75, 3.05) is 0 Å². The summed E-state index contributed by atoms with van der Waals surface area (Å²) < 4.78 is 5.38. The number of carbonyl (C=O) groups excluding carboxylic acids is 1. The van der Waals surface area contributed by atoms with Crippen molar-refractivity contribution >= 4 is 19.0 Å². The quantitative estimate of drug-likeness (QED) is 0.441. The van der Waals surface area contributed by atoms with Crippen molar-refractivity contribution in [2.45, 2.75) is 31.9 Å². The molecule has 2 aromatic carbocycles. The molecule has 1 aliphatic rings. The van der Waals surface area contributed by atoms with Crippen molar-refractivity contribution in [3.63, 3.8) is 0 Å². The molecule has 7 N–H and O–H groups in total. The summed E-state index contributed by atoms with van der Waals surface area (Å²) in [5.41, 5.74) is 14.6. The minimum absolute atomic E-state index is 0.0179. The number of benzene rings is 2. The highest BCUT2D eigenvalue weighted by molar-refractivity contribution is 6.47. The molecule has 0 aliphatic carbocycles. The van der Waals surface area contributed by atoms with Gasteiger partial charge in [0.05, 0.1) is 17.9 Å². The van der Waals surface area contributed by atoms with Gasteiger partial charge in [0.15, 0.2) is 0 Å². The van der Waals surface area contributed by atoms with Crippen molar-refractivity contribution < 1.29 is 24.4 Å². The first-order valence-corrected chi connectivity index (χ1v) is 8.93. The molecule has 1 atom stereocenters. The molecule has 1 unspecified atom stereocenters. The number of aromatic carboxylic acids is 1. The van der Waals surface area contributed by atoms with Crippen LogP contribution in [0.3, 0.4) is 0 Å². The summed E-state index contributed by atoms with van der Waals surface area (Å²) in [5.74, 6) is -1.96. The van der Waals surface area contributed by atoms with Crippen LogP contribution in [-0.2, 0) is 30.7 Å². The molecule has 28 heavy (non-hydrogen) atoms. The van der Waals surface area contributed by atoms with Crippen molar-refractivity contribution in [3.8, 4) is 5.75 Å². The number of nitrogens with one attached hydrogen (secondary N) is 1. The second kappa shape index (κ2) is 8.43. The van der Waals surface area contributed by atoms with Gasteiger partial charge in [-0.2, -0.15) is 0 Å². The summed E-state index contributed by atoms with van der Waals surface area (Å²) >= 11 is 0. The Morgan fingerprint density at radius 1 is 1.18 bits per heavy atom. The Hall–Kier alpha value is -2.88. The van der Waals surface area contributed by atoms with Crippen molar-refractivity contribution in [2.24, 2.45) is 11.5 Å². The molecule has 2 aromatic rings. The summed E-state index contributed by atoms with van der Waals surface area (Å²) in [4.78, 5) is 23.7. The lowest BCUT2D eigenvalue weighted by atomic mass is 9.72. The third kappa shape index (κ3) is 4.17. The van der Waals surface area contributed by atoms with E-state index >= 15 is 0 Å². The van der Waals surface area contributed by atoms with Gasteiger partial charge in [-0.15, -0.1) is 0 Å². The molecule has 1 heterocycles. The predicted octanol–water partition coefficient (Wildman–Crippen LogP) is -0.0157. The number of carboxylic acid groups (broad SMARTS) is 1. The van der Waals surface area contributed by atoms with Crippen molar-refractivity contribution in [1.29, 1.82) is 0 Å². The molecular weight excluding hydrogens is 361 g/mol. The molecule has 9 heteroatoms. The van der Waals surface area contributed by atoms with Gasteiger partial charge in [0.25, 0.3) is 0 Å². The van der Waals surface area contributed by atoms with Gasteiger partial charge in [-0.1, -0.05) is 30.3 Å². The highest BCUT2D eigenvalue weighted by atomic mass is 16.5. The number of hydrogen-bond donors (Lipinski definition) is 5. The molecule has 0 bridgehead atoms. The number of rotatable bonds is 6. The number of hydrogen-bond acceptors (Lipinski definition) is 6. The maximum Gasteiger partial charge on any atom is 0.547 e. The van der Waals surface area contributed by atoms with Crippen molar-refractivity contribution in [3.05, 3.63) is 64.2 Å². The van der Waals surface area contributed by atoms with Crippen LogP contribution >= 0.6 is 0 Å². The number of nitrogens with two attached hydrogens (primary N) is 2. The van der Waals surface area contributed by atoms with E-state index < -0.39 is 19.0 Å². The third-order valence-electron chi connectivity index (χ3n) is 4.77. The Balaban J connectivity index is 1.70. The van der Waals surface area contributed by atoms with E-state index in [1.165, 1.54) is 6.07 Å². The summed E-state index contributed by atoms with van der Waals surface area (Å²) in [5, 5.41) is 22.2. The number of carboxylic acids is 1. The predicted molar refractivity (Wildman–Crippen MR) is 104 cm³/mol. The first-order valence-electron chi connectivity index (χ1n) is 8.93. The van der Waals surface area contributed by atoms with Crippen LogP contribution < -0.4 is 21.4 Å². The van der Waals surface area contributed by atoms with Gasteiger partial charge in [0.1, 0.15) is 5.75 Å². The molecular formula is C19H22BN3O5. The van der Waals surface area contributed by atoms with Crippen LogP contribution in [0.2, 0.25) is 0 Å². The SMILES string of the molecule is NCc1ccc(CC(=O)NC2Cc3cccc(C(=O)O)c3OB2O)cc1CN. The molecule has 0 fully saturated rings. The maximum atomic E-state index is 12.4. The fourth-order valence-corrected chi connectivity index (χ4v) is 3.34. The van der Waals surface area contributed by atoms with Crippen LogP contribution in [0.15, 0.2) is 36.4 Å². The second-order valence-corrected chi connectivity index (χ2v) is 6.67. The largest absolute Gasteiger partial charge is 0.547 e. The van der Waals surface area contributed by atoms with E-state index in [4.69, 9.17) is 16.1 Å². The lowest BCUT2D eigenvalue weighted by Crippen LogP contribution is -2.53. The zero-order valence-electron chi connectivity index (χ0n) is 15.2. The van der Waals surface area contributed by atoms with Gasteiger partial charge in [0.2, 0.25) is 5.91 Å². The van der Waals surface area contributed by atoms with Crippen molar-refractivity contribution in [1.82, 2.24) is 5.32 Å². The smallest absolute Gasteiger partial charge is 0.534 e. The normalized spacial score (nSPS) is 15.5. The molecule has 0 saturated heterocycles. The van der Waals surface area contributed by atoms with Crippen LogP contribution in [0.4, 0.5) is 0 Å². The highest BCUT2D eigenvalue weighted by Crippen LogP contribution is 2.30. The standard InChI is InChI=1S/C19H22BN3O5/c21-9-13-5-4-11(6-14(13)10-22)7-17(24)23-16-8-12-2-1-3-15(19(25)26)18(12)28-20(16)27/h1-6,16,27H,7-10,21-22H2,(H,23,24)(H,25,26). The van der Waals surface area contributed by atoms with E-state index in [0.717, 1.165) is 16.7 Å². The molecule has 0 spiro atoms. The molecule has 0 radical (unpaired) electrons. The Bertz CT molecular complexity index is 905. The average Bonchev–Trinajstić information content (AvgIpc) is 2.67. The number of carbonyl (C=O) groups is 2. The number of amides is 1. The lowest BCUT2D eigenvalue weighted by Gasteiger charge is -2.29. The van der Waals surface area contributed by atoms with E-state index in [-0.39, 0.29) is 30.1 Å². The zero-order chi connectivity index (χ0) is 20.3. The van der Waals surface area contributed by atoms with Crippen LogP contribution in [0.25, 0.3) is 0 Å². The Labute approximate surface area is 162 Å². The Kier molecular flexibility index (Phi) is 5.98. The Morgan fingerprint density at radius 2 is 1.93 bits per heavy atom. The maximum absolute atomic E-state index is 12.4. The molecule has 1 amide bonds. The van der Waals surface area contributed by atoms with Crippen LogP contribution in [0.5, 0.6) is 5.75 Å². The molecule has 0 aromatic heterocycles. The van der Waals surface area contributed by atoms with E-state index in [0.29, 0.717) is 18.7 Å². The van der Waals surface area contributed by atoms with Crippen LogP contribution in [0.1, 0.15) is 32.6 Å². The van der Waals surface area contributed by atoms with E-state index in [9.17, 15) is 19.7 Å². The van der Waals surface area contributed by atoms with Gasteiger partial charge in [-0.05, 0) is 34.7 Å². The monoisotopic (exact) mass is 383 g/mol. The van der Waals surface area contributed by atoms with Crippen LogP contribution in [-0.4, -0.2) is 35.1 Å². The summed E-state index contributed by atoms with van der Waals surface area (Å²) in [6.45, 7) is 0.711. The molecule has 8 nitrogen and oxygen atoms in total. The van der Waals surface area contributed by atoms with Gasteiger partial charge in [0, 0.05) is 13.1 Å². The summed E-state index contributed by atoms with van der Waals surface area (Å²) in [6, 6.07) is 10.3. The number of para-hydroxylation sites is 1. The second-order valence-electron chi connectivity index (χ2n) is 6.67. The molecule has 3 rings (SSSR count). The summed E-state index contributed by atoms with van der Waals surface area (Å²) in [6.07, 6.45) is 0.382. The first-order chi connectivity index (χ1) is 13.4. The minimum atomic E-state index is -1.34. The number of fused-ring (bicyclic) bond motifs is 1. The van der Waals surface area contributed by atoms with Gasteiger partial charge in [-0.3, -0.25) is 4.79 Å². The van der Waals surface area contributed by atoms with E-state index in [1.54, 1.807) is 12.1 Å². The summed E-state index contributed by atoms with van der Waals surface area (Å²) in [7, 11) is -1.34. The van der Waals surface area contributed by atoms with Gasteiger partial charge in [-0.25, -0.2) is 4.79 Å². The highest BCUT2D eigenvalue weighted by Gasteiger charge is 2.37. The van der Waals surface area contributed by atoms with E-state index in [1.807, 2.05) is 18.2 Å². The fourth-order valence-electron chi connectivity index (χ4n) is 3.34. The van der Waals surface area contributed by atoms with Crippen LogP contribution in [0, 0.1) is 0 Å². The lowest BCUT2D eigenvalue weighted by molar-refractivity contribution is -0.120.